The molecule has 0 aliphatic carbocycles. The van der Waals surface area contributed by atoms with Gasteiger partial charge in [-0.2, -0.15) is 0 Å². The maximum atomic E-state index is 5.85. The fourth-order valence-corrected chi connectivity index (χ4v) is 4.36. The molecule has 40 heavy (non-hydrogen) atoms. The number of rotatable bonds is 15. The van der Waals surface area contributed by atoms with Crippen molar-refractivity contribution in [2.24, 2.45) is 0 Å². The van der Waals surface area contributed by atoms with Gasteiger partial charge in [0.05, 0.1) is 57.1 Å². The molecule has 8 heteroatoms. The molecular formula is C32H34N4O4. The molecule has 0 fully saturated rings. The standard InChI is InChI=1S/C32H34N4O4/c1-37-28-9-5-8-26(18-28)21-36(22-27-10-12-30-31(19-27)35-24-34-30)32-13-11-29(20-33-32)40-17-16-38-14-15-39-23-25-6-3-2-4-7-25/h2-13,18-20,24H,14-17,21-23H2,1H3,(H,34,35). The van der Waals surface area contributed by atoms with Crippen molar-refractivity contribution in [3.63, 3.8) is 0 Å². The summed E-state index contributed by atoms with van der Waals surface area (Å²) in [5, 5.41) is 0. The lowest BCUT2D eigenvalue weighted by molar-refractivity contribution is 0.0303. The minimum Gasteiger partial charge on any atom is -0.497 e. The number of aromatic nitrogens is 3. The monoisotopic (exact) mass is 538 g/mol. The SMILES string of the molecule is COc1cccc(CN(Cc2ccc3nc[nH]c3c2)c2ccc(OCCOCCOCc3ccccc3)cn2)c1. The van der Waals surface area contributed by atoms with Gasteiger partial charge in [0, 0.05) is 13.1 Å². The lowest BCUT2D eigenvalue weighted by atomic mass is 10.1. The van der Waals surface area contributed by atoms with Gasteiger partial charge in [-0.05, 0) is 53.1 Å². The Kier molecular flexibility index (Phi) is 9.59. The molecule has 0 atom stereocenters. The van der Waals surface area contributed by atoms with Crippen molar-refractivity contribution < 1.29 is 18.9 Å². The normalized spacial score (nSPS) is 11.0. The lowest BCUT2D eigenvalue weighted by Crippen LogP contribution is -2.23. The van der Waals surface area contributed by atoms with Crippen LogP contribution >= 0.6 is 0 Å². The average Bonchev–Trinajstić information content (AvgIpc) is 3.47. The van der Waals surface area contributed by atoms with Crippen LogP contribution in [-0.4, -0.2) is 48.5 Å². The smallest absolute Gasteiger partial charge is 0.137 e. The van der Waals surface area contributed by atoms with Gasteiger partial charge in [-0.1, -0.05) is 48.5 Å². The van der Waals surface area contributed by atoms with Gasteiger partial charge in [-0.25, -0.2) is 9.97 Å². The van der Waals surface area contributed by atoms with E-state index in [4.69, 9.17) is 23.9 Å². The third-order valence-electron chi connectivity index (χ3n) is 6.39. The largest absolute Gasteiger partial charge is 0.497 e. The van der Waals surface area contributed by atoms with E-state index in [-0.39, 0.29) is 0 Å². The van der Waals surface area contributed by atoms with Crippen LogP contribution < -0.4 is 14.4 Å². The first-order valence-electron chi connectivity index (χ1n) is 13.3. The minimum atomic E-state index is 0.442. The second-order valence-electron chi connectivity index (χ2n) is 9.31. The van der Waals surface area contributed by atoms with Crippen LogP contribution in [0.15, 0.2) is 97.5 Å². The molecule has 5 aromatic rings. The molecule has 0 radical (unpaired) electrons. The maximum absolute atomic E-state index is 5.85. The van der Waals surface area contributed by atoms with Gasteiger partial charge in [0.15, 0.2) is 0 Å². The van der Waals surface area contributed by atoms with Crippen LogP contribution in [0, 0.1) is 0 Å². The third kappa shape index (κ3) is 7.81. The molecule has 0 saturated carbocycles. The van der Waals surface area contributed by atoms with Gasteiger partial charge in [0.2, 0.25) is 0 Å². The van der Waals surface area contributed by atoms with Gasteiger partial charge < -0.3 is 28.8 Å². The molecule has 206 valence electrons. The van der Waals surface area contributed by atoms with E-state index in [1.54, 1.807) is 19.6 Å². The summed E-state index contributed by atoms with van der Waals surface area (Å²) in [5.74, 6) is 2.39. The minimum absolute atomic E-state index is 0.442. The van der Waals surface area contributed by atoms with Crippen molar-refractivity contribution >= 4 is 16.9 Å². The Morgan fingerprint density at radius 3 is 2.33 bits per heavy atom. The summed E-state index contributed by atoms with van der Waals surface area (Å²) >= 11 is 0. The zero-order valence-electron chi connectivity index (χ0n) is 22.7. The molecule has 0 saturated heterocycles. The van der Waals surface area contributed by atoms with E-state index in [0.717, 1.165) is 39.3 Å². The number of nitrogens with zero attached hydrogens (tertiary/aromatic N) is 3. The van der Waals surface area contributed by atoms with Crippen LogP contribution in [0.3, 0.4) is 0 Å². The van der Waals surface area contributed by atoms with E-state index in [2.05, 4.69) is 39.1 Å². The Morgan fingerprint density at radius 1 is 0.700 bits per heavy atom. The van der Waals surface area contributed by atoms with Crippen LogP contribution in [0.4, 0.5) is 5.82 Å². The molecule has 8 nitrogen and oxygen atoms in total. The Balaban J connectivity index is 1.14. The van der Waals surface area contributed by atoms with E-state index < -0.39 is 0 Å². The summed E-state index contributed by atoms with van der Waals surface area (Å²) in [6.45, 7) is 3.93. The van der Waals surface area contributed by atoms with Gasteiger partial charge in [0.25, 0.3) is 0 Å². The lowest BCUT2D eigenvalue weighted by Gasteiger charge is -2.24. The Hall–Kier alpha value is -4.40. The molecule has 2 heterocycles. The van der Waals surface area contributed by atoms with Gasteiger partial charge in [0.1, 0.15) is 23.9 Å². The second kappa shape index (κ2) is 14.1. The summed E-state index contributed by atoms with van der Waals surface area (Å²) in [4.78, 5) is 14.5. The highest BCUT2D eigenvalue weighted by molar-refractivity contribution is 5.75. The van der Waals surface area contributed by atoms with Crippen LogP contribution in [0.1, 0.15) is 16.7 Å². The zero-order chi connectivity index (χ0) is 27.4. The number of hydrogen-bond acceptors (Lipinski definition) is 7. The van der Waals surface area contributed by atoms with Crippen molar-refractivity contribution in [2.75, 3.05) is 38.4 Å². The summed E-state index contributed by atoms with van der Waals surface area (Å²) < 4.78 is 22.6. The Bertz CT molecular complexity index is 1460. The molecule has 1 N–H and O–H groups in total. The Labute approximate surface area is 234 Å². The van der Waals surface area contributed by atoms with Crippen LogP contribution in [-0.2, 0) is 29.2 Å². The number of H-pyrrole nitrogens is 1. The number of pyridine rings is 1. The van der Waals surface area contributed by atoms with Gasteiger partial charge in [-0.3, -0.25) is 0 Å². The Morgan fingerprint density at radius 2 is 1.50 bits per heavy atom. The molecule has 0 aliphatic heterocycles. The molecule has 3 aromatic carbocycles. The highest BCUT2D eigenvalue weighted by Crippen LogP contribution is 2.23. The molecule has 2 aromatic heterocycles. The van der Waals surface area contributed by atoms with Gasteiger partial charge in [-0.15, -0.1) is 0 Å². The van der Waals surface area contributed by atoms with Crippen molar-refractivity contribution in [2.45, 2.75) is 19.7 Å². The van der Waals surface area contributed by atoms with Crippen molar-refractivity contribution in [3.8, 4) is 11.5 Å². The van der Waals surface area contributed by atoms with Crippen LogP contribution in [0.5, 0.6) is 11.5 Å². The number of anilines is 1. The molecule has 0 bridgehead atoms. The summed E-state index contributed by atoms with van der Waals surface area (Å²) in [6, 6.07) is 28.4. The van der Waals surface area contributed by atoms with Crippen LogP contribution in [0.2, 0.25) is 0 Å². The predicted molar refractivity (Wildman–Crippen MR) is 156 cm³/mol. The first-order valence-corrected chi connectivity index (χ1v) is 13.3. The van der Waals surface area contributed by atoms with E-state index in [9.17, 15) is 0 Å². The first-order chi connectivity index (χ1) is 19.8. The topological polar surface area (TPSA) is 81.7 Å². The number of methoxy groups -OCH3 is 1. The number of hydrogen-bond donors (Lipinski definition) is 1. The quantitative estimate of drug-likeness (QED) is 0.169. The molecule has 0 unspecified atom stereocenters. The molecule has 0 spiro atoms. The highest BCUT2D eigenvalue weighted by Gasteiger charge is 2.12. The number of benzene rings is 3. The van der Waals surface area contributed by atoms with Crippen LogP contribution in [0.25, 0.3) is 11.0 Å². The number of nitrogens with one attached hydrogen (secondary N) is 1. The van der Waals surface area contributed by atoms with Crippen molar-refractivity contribution in [1.29, 1.82) is 0 Å². The average molecular weight is 539 g/mol. The van der Waals surface area contributed by atoms with E-state index in [1.807, 2.05) is 60.7 Å². The summed E-state index contributed by atoms with van der Waals surface area (Å²) in [5.41, 5.74) is 5.41. The molecule has 0 amide bonds. The molecule has 5 rings (SSSR count). The predicted octanol–water partition coefficient (Wildman–Crippen LogP) is 5.79. The van der Waals surface area contributed by atoms with E-state index >= 15 is 0 Å². The number of ether oxygens (including phenoxy) is 4. The first kappa shape index (κ1) is 27.2. The summed E-state index contributed by atoms with van der Waals surface area (Å²) in [6.07, 6.45) is 3.47. The highest BCUT2D eigenvalue weighted by atomic mass is 16.5. The zero-order valence-corrected chi connectivity index (χ0v) is 22.7. The third-order valence-corrected chi connectivity index (χ3v) is 6.39. The number of fused-ring (bicyclic) bond motifs is 1. The van der Waals surface area contributed by atoms with E-state index in [1.165, 1.54) is 0 Å². The summed E-state index contributed by atoms with van der Waals surface area (Å²) in [7, 11) is 1.68. The van der Waals surface area contributed by atoms with Gasteiger partial charge >= 0.3 is 0 Å². The maximum Gasteiger partial charge on any atom is 0.137 e. The fourth-order valence-electron chi connectivity index (χ4n) is 4.36. The van der Waals surface area contributed by atoms with E-state index in [0.29, 0.717) is 51.9 Å². The fraction of sp³-hybridized carbons (Fsp3) is 0.250. The molecule has 0 aliphatic rings. The van der Waals surface area contributed by atoms with Crippen molar-refractivity contribution in [1.82, 2.24) is 15.0 Å². The number of imidazole rings is 1. The molecular weight excluding hydrogens is 504 g/mol. The second-order valence-corrected chi connectivity index (χ2v) is 9.31. The van der Waals surface area contributed by atoms with Crippen molar-refractivity contribution in [3.05, 3.63) is 114 Å². The number of aromatic amines is 1.